The molecule has 1 fully saturated rings. The van der Waals surface area contributed by atoms with Gasteiger partial charge in [0.2, 0.25) is 0 Å². The average molecular weight is 577 g/mol. The zero-order chi connectivity index (χ0) is 28.8. The first-order valence-electron chi connectivity index (χ1n) is 12.8. The van der Waals surface area contributed by atoms with E-state index in [1.807, 2.05) is 65.7 Å². The van der Waals surface area contributed by atoms with Crippen molar-refractivity contribution in [3.63, 3.8) is 0 Å². The standard InChI is InChI=1S/C27H34ClFN6O3S/c1-14(2)20-21(19(39-8)9-10-30-20)35-24-17(11-18(29)22(28)31-24)23(32-25(35)36)33-12-16(4)34(13-15(33)3)26(37)38-27(5,6)7/h9-11,14-16H,12-13H2,1-8H3/t15-,16+/m0/s1. The summed E-state index contributed by atoms with van der Waals surface area (Å²) < 4.78 is 21.8. The van der Waals surface area contributed by atoms with Gasteiger partial charge in [0.05, 0.1) is 16.8 Å². The molecule has 210 valence electrons. The minimum absolute atomic E-state index is 0.00792. The summed E-state index contributed by atoms with van der Waals surface area (Å²) in [7, 11) is 0. The minimum atomic E-state index is -0.717. The number of piperazine rings is 1. The fourth-order valence-corrected chi connectivity index (χ4v) is 5.49. The number of carbonyl (C=O) groups excluding carboxylic acids is 1. The number of hydrogen-bond acceptors (Lipinski definition) is 8. The van der Waals surface area contributed by atoms with Crippen molar-refractivity contribution in [3.05, 3.63) is 45.5 Å². The largest absolute Gasteiger partial charge is 0.444 e. The van der Waals surface area contributed by atoms with Crippen LogP contribution in [0, 0.1) is 5.82 Å². The van der Waals surface area contributed by atoms with Crippen molar-refractivity contribution in [3.8, 4) is 5.69 Å². The normalized spacial score (nSPS) is 18.2. The van der Waals surface area contributed by atoms with Gasteiger partial charge in [-0.3, -0.25) is 4.98 Å². The summed E-state index contributed by atoms with van der Waals surface area (Å²) in [6.07, 6.45) is 3.20. The van der Waals surface area contributed by atoms with Gasteiger partial charge in [-0.25, -0.2) is 23.5 Å². The second-order valence-corrected chi connectivity index (χ2v) is 12.3. The zero-order valence-corrected chi connectivity index (χ0v) is 25.0. The van der Waals surface area contributed by atoms with Gasteiger partial charge >= 0.3 is 11.8 Å². The smallest absolute Gasteiger partial charge is 0.410 e. The van der Waals surface area contributed by atoms with E-state index in [2.05, 4.69) is 15.0 Å². The molecule has 1 aliphatic heterocycles. The van der Waals surface area contributed by atoms with E-state index in [1.165, 1.54) is 22.4 Å². The molecule has 0 bridgehead atoms. The van der Waals surface area contributed by atoms with Crippen LogP contribution in [0.5, 0.6) is 0 Å². The monoisotopic (exact) mass is 576 g/mol. The third kappa shape index (κ3) is 5.70. The summed E-state index contributed by atoms with van der Waals surface area (Å²) in [5, 5.41) is -0.00321. The maximum atomic E-state index is 14.9. The van der Waals surface area contributed by atoms with E-state index < -0.39 is 23.2 Å². The summed E-state index contributed by atoms with van der Waals surface area (Å²) in [6.45, 7) is 14.0. The molecular weight excluding hydrogens is 543 g/mol. The number of anilines is 1. The molecule has 3 aromatic heterocycles. The lowest BCUT2D eigenvalue weighted by Crippen LogP contribution is -2.59. The lowest BCUT2D eigenvalue weighted by molar-refractivity contribution is 0.0130. The first-order valence-corrected chi connectivity index (χ1v) is 14.4. The van der Waals surface area contributed by atoms with Crippen LogP contribution in [0.1, 0.15) is 60.1 Å². The maximum Gasteiger partial charge on any atom is 0.410 e. The number of fused-ring (bicyclic) bond motifs is 1. The van der Waals surface area contributed by atoms with Crippen LogP contribution in [0.15, 0.2) is 28.0 Å². The van der Waals surface area contributed by atoms with Crippen molar-refractivity contribution >= 4 is 46.3 Å². The molecule has 0 unspecified atom stereocenters. The van der Waals surface area contributed by atoms with Gasteiger partial charge in [-0.15, -0.1) is 11.8 Å². The molecule has 9 nitrogen and oxygen atoms in total. The molecule has 0 spiro atoms. The SMILES string of the molecule is CSc1ccnc(C(C)C)c1-n1c(=O)nc(N2C[C@@H](C)N(C(=O)OC(C)(C)C)C[C@@H]2C)c2cc(F)c(Cl)nc21. The number of thioether (sulfide) groups is 1. The van der Waals surface area contributed by atoms with Crippen LogP contribution in [0.3, 0.4) is 0 Å². The number of aromatic nitrogens is 4. The van der Waals surface area contributed by atoms with E-state index in [4.69, 9.17) is 16.3 Å². The Kier molecular flexibility index (Phi) is 8.14. The number of halogens is 2. The lowest BCUT2D eigenvalue weighted by atomic mass is 10.1. The molecule has 3 aromatic rings. The highest BCUT2D eigenvalue weighted by Crippen LogP contribution is 2.35. The number of carbonyl (C=O) groups is 1. The van der Waals surface area contributed by atoms with Gasteiger partial charge in [0.15, 0.2) is 16.6 Å². The number of rotatable bonds is 4. The third-order valence-corrected chi connectivity index (χ3v) is 7.58. The Morgan fingerprint density at radius 1 is 1.21 bits per heavy atom. The van der Waals surface area contributed by atoms with Crippen molar-refractivity contribution in [1.82, 2.24) is 24.4 Å². The van der Waals surface area contributed by atoms with Crippen molar-refractivity contribution < 1.29 is 13.9 Å². The Bertz CT molecular complexity index is 1470. The predicted molar refractivity (Wildman–Crippen MR) is 153 cm³/mol. The van der Waals surface area contributed by atoms with Gasteiger partial charge in [0.25, 0.3) is 0 Å². The Morgan fingerprint density at radius 3 is 2.51 bits per heavy atom. The molecule has 0 aliphatic carbocycles. The molecule has 2 atom stereocenters. The molecule has 12 heteroatoms. The van der Waals surface area contributed by atoms with Crippen molar-refractivity contribution in [2.75, 3.05) is 24.2 Å². The van der Waals surface area contributed by atoms with Gasteiger partial charge in [-0.2, -0.15) is 4.98 Å². The molecule has 39 heavy (non-hydrogen) atoms. The summed E-state index contributed by atoms with van der Waals surface area (Å²) in [5.41, 5.74) is 0.234. The fraction of sp³-hybridized carbons (Fsp3) is 0.519. The number of hydrogen-bond donors (Lipinski definition) is 0. The third-order valence-electron chi connectivity index (χ3n) is 6.55. The lowest BCUT2D eigenvalue weighted by Gasteiger charge is -2.44. The van der Waals surface area contributed by atoms with Gasteiger partial charge in [-0.05, 0) is 58.9 Å². The number of amides is 1. The second kappa shape index (κ2) is 10.9. The molecule has 4 heterocycles. The van der Waals surface area contributed by atoms with Crippen LogP contribution >= 0.6 is 23.4 Å². The van der Waals surface area contributed by atoms with E-state index in [9.17, 15) is 14.0 Å². The molecule has 4 rings (SSSR count). The number of ether oxygens (including phenoxy) is 1. The minimum Gasteiger partial charge on any atom is -0.444 e. The molecule has 0 radical (unpaired) electrons. The molecule has 0 saturated carbocycles. The van der Waals surface area contributed by atoms with E-state index in [0.29, 0.717) is 29.9 Å². The van der Waals surface area contributed by atoms with E-state index in [1.54, 1.807) is 11.1 Å². The maximum absolute atomic E-state index is 14.9. The van der Waals surface area contributed by atoms with E-state index in [0.717, 1.165) is 4.90 Å². The molecule has 0 aromatic carbocycles. The van der Waals surface area contributed by atoms with Gasteiger partial charge in [0, 0.05) is 36.3 Å². The highest BCUT2D eigenvalue weighted by Gasteiger charge is 2.36. The summed E-state index contributed by atoms with van der Waals surface area (Å²) in [5.74, 6) is -0.435. The zero-order valence-electron chi connectivity index (χ0n) is 23.5. The van der Waals surface area contributed by atoms with Crippen LogP contribution in [-0.2, 0) is 4.74 Å². The van der Waals surface area contributed by atoms with Gasteiger partial charge < -0.3 is 14.5 Å². The highest BCUT2D eigenvalue weighted by atomic mass is 35.5. The highest BCUT2D eigenvalue weighted by molar-refractivity contribution is 7.98. The Labute approximate surface area is 236 Å². The topological polar surface area (TPSA) is 93.5 Å². The van der Waals surface area contributed by atoms with Gasteiger partial charge in [0.1, 0.15) is 11.4 Å². The number of nitrogens with zero attached hydrogens (tertiary/aromatic N) is 6. The van der Waals surface area contributed by atoms with Crippen molar-refractivity contribution in [2.45, 2.75) is 77.0 Å². The van der Waals surface area contributed by atoms with Crippen LogP contribution in [0.2, 0.25) is 5.15 Å². The molecule has 1 amide bonds. The Balaban J connectivity index is 1.89. The van der Waals surface area contributed by atoms with Crippen LogP contribution in [-0.4, -0.2) is 67.5 Å². The molecule has 1 aliphatic rings. The molecular formula is C27H34ClFN6O3S. The van der Waals surface area contributed by atoms with Crippen LogP contribution in [0.4, 0.5) is 15.0 Å². The predicted octanol–water partition coefficient (Wildman–Crippen LogP) is 5.65. The average Bonchev–Trinajstić information content (AvgIpc) is 2.84. The molecule has 0 N–H and O–H groups in total. The van der Waals surface area contributed by atoms with Crippen molar-refractivity contribution in [1.29, 1.82) is 0 Å². The van der Waals surface area contributed by atoms with E-state index >= 15 is 0 Å². The van der Waals surface area contributed by atoms with Crippen molar-refractivity contribution in [2.24, 2.45) is 0 Å². The first kappa shape index (κ1) is 29.1. The molecule has 1 saturated heterocycles. The Morgan fingerprint density at radius 2 is 1.90 bits per heavy atom. The van der Waals surface area contributed by atoms with Gasteiger partial charge in [-0.1, -0.05) is 25.4 Å². The summed E-state index contributed by atoms with van der Waals surface area (Å²) >= 11 is 7.62. The van der Waals surface area contributed by atoms with Crippen LogP contribution in [0.25, 0.3) is 16.7 Å². The number of pyridine rings is 2. The summed E-state index contributed by atoms with van der Waals surface area (Å²) in [4.78, 5) is 44.4. The van der Waals surface area contributed by atoms with E-state index in [-0.39, 0.29) is 34.6 Å². The summed E-state index contributed by atoms with van der Waals surface area (Å²) in [6, 6.07) is 2.59. The Hall–Kier alpha value is -2.92. The first-order chi connectivity index (χ1) is 18.2. The van der Waals surface area contributed by atoms with Crippen LogP contribution < -0.4 is 10.6 Å². The fourth-order valence-electron chi connectivity index (χ4n) is 4.76. The second-order valence-electron chi connectivity index (χ2n) is 11.1. The quantitative estimate of drug-likeness (QED) is 0.291.